The Balaban J connectivity index is 1.74. The average Bonchev–Trinajstić information content (AvgIpc) is 2.63. The van der Waals surface area contributed by atoms with Crippen LogP contribution in [0.5, 0.6) is 5.75 Å². The van der Waals surface area contributed by atoms with E-state index in [9.17, 15) is 0 Å². The summed E-state index contributed by atoms with van der Waals surface area (Å²) >= 11 is 0. The van der Waals surface area contributed by atoms with Crippen LogP contribution in [0.15, 0.2) is 72.8 Å². The summed E-state index contributed by atoms with van der Waals surface area (Å²) < 4.78 is 5.03. The van der Waals surface area contributed by atoms with Crippen LogP contribution in [0.2, 0.25) is 0 Å². The molecule has 1 N–H and O–H groups in total. The molecule has 0 heterocycles. The summed E-state index contributed by atoms with van der Waals surface area (Å²) in [4.78, 5) is 0. The minimum absolute atomic E-state index is 0.312. The van der Waals surface area contributed by atoms with Crippen LogP contribution in [0.1, 0.15) is 16.7 Å². The van der Waals surface area contributed by atoms with E-state index in [1.54, 1.807) is 0 Å². The molecule has 0 fully saturated rings. The van der Waals surface area contributed by atoms with E-state index in [2.05, 4.69) is 43.0 Å². The van der Waals surface area contributed by atoms with Crippen LogP contribution in [0.4, 0.5) is 0 Å². The van der Waals surface area contributed by atoms with Gasteiger partial charge in [-0.2, -0.15) is 0 Å². The summed E-state index contributed by atoms with van der Waals surface area (Å²) in [5.41, 5.74) is 5.45. The fourth-order valence-electron chi connectivity index (χ4n) is 2.35. The minimum Gasteiger partial charge on any atom is -0.468 e. The lowest BCUT2D eigenvalue weighted by atomic mass is 10.0. The van der Waals surface area contributed by atoms with Crippen molar-refractivity contribution in [1.82, 2.24) is 0 Å². The summed E-state index contributed by atoms with van der Waals surface area (Å²) in [6.45, 7) is 1.76. The molecule has 2 nitrogen and oxygen atoms in total. The molecule has 0 aliphatic carbocycles. The summed E-state index contributed by atoms with van der Waals surface area (Å²) in [7, 11) is 0. The van der Waals surface area contributed by atoms with Crippen LogP contribution in [0, 0.1) is 18.8 Å². The van der Waals surface area contributed by atoms with E-state index >= 15 is 0 Å². The monoisotopic (exact) mass is 314 g/mol. The third kappa shape index (κ3) is 4.04. The number of aliphatic hydroxyl groups is 1. The van der Waals surface area contributed by atoms with Gasteiger partial charge in [-0.05, 0) is 54.4 Å². The van der Waals surface area contributed by atoms with Crippen molar-refractivity contribution < 1.29 is 9.84 Å². The second-order valence-corrected chi connectivity index (χ2v) is 5.49. The number of hydrogen-bond acceptors (Lipinski definition) is 2. The summed E-state index contributed by atoms with van der Waals surface area (Å²) in [6.07, 6.45) is 0. The molecule has 0 saturated heterocycles. The lowest BCUT2D eigenvalue weighted by Gasteiger charge is -2.05. The number of hydrogen-bond donors (Lipinski definition) is 1. The Labute approximate surface area is 142 Å². The maximum atomic E-state index is 8.75. The van der Waals surface area contributed by atoms with Crippen LogP contribution in [-0.2, 0) is 0 Å². The van der Waals surface area contributed by atoms with E-state index in [4.69, 9.17) is 9.84 Å². The van der Waals surface area contributed by atoms with Crippen molar-refractivity contribution in [3.8, 4) is 28.7 Å². The Morgan fingerprint density at radius 1 is 0.708 bits per heavy atom. The molecule has 3 aromatic rings. The normalized spacial score (nSPS) is 9.92. The highest BCUT2D eigenvalue weighted by Crippen LogP contribution is 2.22. The first kappa shape index (κ1) is 15.9. The van der Waals surface area contributed by atoms with Crippen LogP contribution >= 0.6 is 0 Å². The van der Waals surface area contributed by atoms with Crippen molar-refractivity contribution in [2.45, 2.75) is 6.92 Å². The molecule has 3 rings (SSSR count). The van der Waals surface area contributed by atoms with E-state index < -0.39 is 0 Å². The van der Waals surface area contributed by atoms with Gasteiger partial charge < -0.3 is 9.84 Å². The number of aliphatic hydroxyl groups excluding tert-OH is 1. The third-order valence-corrected chi connectivity index (χ3v) is 3.71. The lowest BCUT2D eigenvalue weighted by Crippen LogP contribution is -1.93. The van der Waals surface area contributed by atoms with Gasteiger partial charge in [-0.1, -0.05) is 53.8 Å². The molecule has 0 aliphatic heterocycles. The molecule has 24 heavy (non-hydrogen) atoms. The van der Waals surface area contributed by atoms with Gasteiger partial charge in [-0.15, -0.1) is 0 Å². The van der Waals surface area contributed by atoms with Crippen LogP contribution in [0.3, 0.4) is 0 Å². The van der Waals surface area contributed by atoms with Gasteiger partial charge in [0.1, 0.15) is 5.75 Å². The molecule has 0 saturated carbocycles. The largest absolute Gasteiger partial charge is 0.468 e. The van der Waals surface area contributed by atoms with Gasteiger partial charge in [-0.3, -0.25) is 0 Å². The number of aryl methyl sites for hydroxylation is 1. The smallest absolute Gasteiger partial charge is 0.186 e. The zero-order valence-electron chi connectivity index (χ0n) is 13.5. The van der Waals surface area contributed by atoms with Gasteiger partial charge in [0.05, 0.1) is 0 Å². The Morgan fingerprint density at radius 2 is 1.17 bits per heavy atom. The SMILES string of the molecule is Cc1ccc(C#Cc2ccc(-c3ccc(OCO)cc3)cc2)cc1. The molecule has 0 aliphatic rings. The summed E-state index contributed by atoms with van der Waals surface area (Å²) in [6, 6.07) is 24.0. The van der Waals surface area contributed by atoms with E-state index in [1.807, 2.05) is 48.5 Å². The third-order valence-electron chi connectivity index (χ3n) is 3.71. The van der Waals surface area contributed by atoms with Crippen molar-refractivity contribution in [2.24, 2.45) is 0 Å². The molecule has 0 spiro atoms. The topological polar surface area (TPSA) is 29.5 Å². The van der Waals surface area contributed by atoms with Gasteiger partial charge in [0.15, 0.2) is 6.79 Å². The fraction of sp³-hybridized carbons (Fsp3) is 0.0909. The Morgan fingerprint density at radius 3 is 1.67 bits per heavy atom. The molecule has 0 atom stereocenters. The molecule has 2 heteroatoms. The second kappa shape index (κ2) is 7.50. The van der Waals surface area contributed by atoms with Gasteiger partial charge >= 0.3 is 0 Å². The van der Waals surface area contributed by atoms with Gasteiger partial charge in [0.2, 0.25) is 0 Å². The molecule has 3 aromatic carbocycles. The number of rotatable bonds is 3. The highest BCUT2D eigenvalue weighted by molar-refractivity contribution is 5.65. The highest BCUT2D eigenvalue weighted by atomic mass is 16.6. The maximum absolute atomic E-state index is 8.75. The molecule has 0 radical (unpaired) electrons. The van der Waals surface area contributed by atoms with Crippen LogP contribution in [-0.4, -0.2) is 11.9 Å². The predicted molar refractivity (Wildman–Crippen MR) is 96.8 cm³/mol. The van der Waals surface area contributed by atoms with Crippen molar-refractivity contribution in [1.29, 1.82) is 0 Å². The molecule has 0 amide bonds. The van der Waals surface area contributed by atoms with E-state index in [-0.39, 0.29) is 6.79 Å². The van der Waals surface area contributed by atoms with E-state index in [0.29, 0.717) is 5.75 Å². The first-order chi connectivity index (χ1) is 11.7. The summed E-state index contributed by atoms with van der Waals surface area (Å²) in [5, 5.41) is 8.75. The van der Waals surface area contributed by atoms with Gasteiger partial charge in [-0.25, -0.2) is 0 Å². The van der Waals surface area contributed by atoms with Gasteiger partial charge in [0.25, 0.3) is 0 Å². The standard InChI is InChI=1S/C22H18O2/c1-17-2-4-18(5-3-17)6-7-19-8-10-20(11-9-19)21-12-14-22(15-13-21)24-16-23/h2-5,8-15,23H,16H2,1H3. The molecule has 118 valence electrons. The average molecular weight is 314 g/mol. The molecule has 0 aromatic heterocycles. The Kier molecular flexibility index (Phi) is 4.96. The van der Waals surface area contributed by atoms with Gasteiger partial charge in [0, 0.05) is 11.1 Å². The molecular formula is C22H18O2. The first-order valence-corrected chi connectivity index (χ1v) is 7.77. The molecule has 0 unspecified atom stereocenters. The zero-order chi connectivity index (χ0) is 16.8. The first-order valence-electron chi connectivity index (χ1n) is 7.77. The second-order valence-electron chi connectivity index (χ2n) is 5.49. The summed E-state index contributed by atoms with van der Waals surface area (Å²) in [5.74, 6) is 7.02. The Hall–Kier alpha value is -3.02. The van der Waals surface area contributed by atoms with Crippen LogP contribution in [0.25, 0.3) is 11.1 Å². The van der Waals surface area contributed by atoms with Crippen molar-refractivity contribution >= 4 is 0 Å². The fourth-order valence-corrected chi connectivity index (χ4v) is 2.35. The molecule has 0 bridgehead atoms. The maximum Gasteiger partial charge on any atom is 0.186 e. The zero-order valence-corrected chi connectivity index (χ0v) is 13.5. The van der Waals surface area contributed by atoms with Crippen molar-refractivity contribution in [3.63, 3.8) is 0 Å². The van der Waals surface area contributed by atoms with Crippen molar-refractivity contribution in [3.05, 3.63) is 89.5 Å². The lowest BCUT2D eigenvalue weighted by molar-refractivity contribution is 0.0985. The van der Waals surface area contributed by atoms with E-state index in [0.717, 1.165) is 22.3 Å². The van der Waals surface area contributed by atoms with Crippen LogP contribution < -0.4 is 4.74 Å². The highest BCUT2D eigenvalue weighted by Gasteiger charge is 1.99. The van der Waals surface area contributed by atoms with Crippen molar-refractivity contribution in [2.75, 3.05) is 6.79 Å². The predicted octanol–water partition coefficient (Wildman–Crippen LogP) is 4.39. The van der Waals surface area contributed by atoms with E-state index in [1.165, 1.54) is 5.56 Å². The minimum atomic E-state index is -0.312. The number of ether oxygens (including phenoxy) is 1. The Bertz CT molecular complexity index is 849. The molecular weight excluding hydrogens is 296 g/mol. The quantitative estimate of drug-likeness (QED) is 0.574. The number of benzene rings is 3.